The number of likely N-dealkylation sites (N-methyl/N-ethyl adjacent to an activating group) is 1. The number of nitrogens with zero attached hydrogens (tertiary/aromatic N) is 2. The van der Waals surface area contributed by atoms with Crippen LogP contribution >= 0.6 is 27.3 Å². The van der Waals surface area contributed by atoms with Crippen LogP contribution in [0.4, 0.5) is 5.13 Å². The Balaban J connectivity index is 2.06. The van der Waals surface area contributed by atoms with E-state index in [-0.39, 0.29) is 5.91 Å². The number of furan rings is 1. The molecule has 2 aromatic heterocycles. The summed E-state index contributed by atoms with van der Waals surface area (Å²) in [7, 11) is 1.70. The quantitative estimate of drug-likeness (QED) is 0.811. The van der Waals surface area contributed by atoms with E-state index in [4.69, 9.17) is 4.42 Å². The SMILES string of the molecule is Cc1csc(N(C)C(=O)/C=C/c2ccc(Br)o2)n1. The zero-order chi connectivity index (χ0) is 13.1. The van der Waals surface area contributed by atoms with Gasteiger partial charge in [-0.25, -0.2) is 4.98 Å². The van der Waals surface area contributed by atoms with E-state index in [9.17, 15) is 4.79 Å². The highest BCUT2D eigenvalue weighted by atomic mass is 79.9. The van der Waals surface area contributed by atoms with Crippen LogP contribution in [-0.4, -0.2) is 17.9 Å². The van der Waals surface area contributed by atoms with Gasteiger partial charge in [0.2, 0.25) is 0 Å². The molecule has 0 aliphatic rings. The third kappa shape index (κ3) is 3.08. The predicted octanol–water partition coefficient (Wildman–Crippen LogP) is 3.48. The molecule has 0 unspecified atom stereocenters. The number of thiazole rings is 1. The molecule has 2 aromatic rings. The van der Waals surface area contributed by atoms with E-state index in [1.54, 1.807) is 25.3 Å². The first kappa shape index (κ1) is 13.0. The number of rotatable bonds is 3. The lowest BCUT2D eigenvalue weighted by Crippen LogP contribution is -2.23. The van der Waals surface area contributed by atoms with Crippen LogP contribution in [0.1, 0.15) is 11.5 Å². The molecule has 0 aliphatic carbocycles. The molecular weight excluding hydrogens is 316 g/mol. The van der Waals surface area contributed by atoms with Crippen LogP contribution in [0, 0.1) is 6.92 Å². The Morgan fingerprint density at radius 3 is 2.89 bits per heavy atom. The number of halogens is 1. The fourth-order valence-corrected chi connectivity index (χ4v) is 2.37. The minimum atomic E-state index is -0.142. The maximum Gasteiger partial charge on any atom is 0.252 e. The van der Waals surface area contributed by atoms with Crippen molar-refractivity contribution in [1.82, 2.24) is 4.98 Å². The van der Waals surface area contributed by atoms with Crippen LogP contribution in [0.25, 0.3) is 6.08 Å². The van der Waals surface area contributed by atoms with Gasteiger partial charge < -0.3 is 4.42 Å². The molecule has 94 valence electrons. The summed E-state index contributed by atoms with van der Waals surface area (Å²) in [6.07, 6.45) is 3.09. The fourth-order valence-electron chi connectivity index (χ4n) is 1.27. The minimum Gasteiger partial charge on any atom is -0.450 e. The van der Waals surface area contributed by atoms with E-state index in [0.29, 0.717) is 15.6 Å². The van der Waals surface area contributed by atoms with E-state index in [1.807, 2.05) is 12.3 Å². The number of carbonyl (C=O) groups excluding carboxylic acids is 1. The van der Waals surface area contributed by atoms with Gasteiger partial charge in [-0.15, -0.1) is 11.3 Å². The Bertz CT molecular complexity index is 588. The number of hydrogen-bond donors (Lipinski definition) is 0. The van der Waals surface area contributed by atoms with Gasteiger partial charge in [0.25, 0.3) is 5.91 Å². The second-order valence-corrected chi connectivity index (χ2v) is 5.26. The zero-order valence-corrected chi connectivity index (χ0v) is 12.3. The highest BCUT2D eigenvalue weighted by Gasteiger charge is 2.11. The number of amides is 1. The van der Waals surface area contributed by atoms with E-state index in [2.05, 4.69) is 20.9 Å². The Hall–Kier alpha value is -1.40. The molecule has 0 radical (unpaired) electrons. The molecule has 0 aliphatic heterocycles. The highest BCUT2D eigenvalue weighted by molar-refractivity contribution is 9.10. The van der Waals surface area contributed by atoms with Gasteiger partial charge in [0.05, 0.1) is 5.69 Å². The molecule has 0 spiro atoms. The Morgan fingerprint density at radius 2 is 2.33 bits per heavy atom. The van der Waals surface area contributed by atoms with Gasteiger partial charge in [0.1, 0.15) is 5.76 Å². The highest BCUT2D eigenvalue weighted by Crippen LogP contribution is 2.19. The lowest BCUT2D eigenvalue weighted by Gasteiger charge is -2.10. The second-order valence-electron chi connectivity index (χ2n) is 3.64. The monoisotopic (exact) mass is 326 g/mol. The molecule has 0 N–H and O–H groups in total. The Morgan fingerprint density at radius 1 is 1.56 bits per heavy atom. The van der Waals surface area contributed by atoms with Crippen molar-refractivity contribution in [2.24, 2.45) is 0 Å². The van der Waals surface area contributed by atoms with Crippen molar-refractivity contribution in [3.63, 3.8) is 0 Å². The van der Waals surface area contributed by atoms with Crippen molar-refractivity contribution >= 4 is 44.4 Å². The molecule has 0 aromatic carbocycles. The van der Waals surface area contributed by atoms with Crippen molar-refractivity contribution in [2.75, 3.05) is 11.9 Å². The van der Waals surface area contributed by atoms with E-state index < -0.39 is 0 Å². The molecule has 0 atom stereocenters. The largest absolute Gasteiger partial charge is 0.450 e. The Labute approximate surface area is 117 Å². The standard InChI is InChI=1S/C12H11BrN2O2S/c1-8-7-18-12(14-8)15(2)11(16)6-4-9-3-5-10(13)17-9/h3-7H,1-2H3/b6-4+. The first-order valence-corrected chi connectivity index (χ1v) is 6.87. The van der Waals surface area contributed by atoms with Crippen molar-refractivity contribution < 1.29 is 9.21 Å². The van der Waals surface area contributed by atoms with Crippen LogP contribution in [-0.2, 0) is 4.79 Å². The van der Waals surface area contributed by atoms with E-state index >= 15 is 0 Å². The molecular formula is C12H11BrN2O2S. The lowest BCUT2D eigenvalue weighted by molar-refractivity contribution is -0.113. The number of aryl methyl sites for hydroxylation is 1. The number of anilines is 1. The summed E-state index contributed by atoms with van der Waals surface area (Å²) in [5.41, 5.74) is 0.911. The summed E-state index contributed by atoms with van der Waals surface area (Å²) < 4.78 is 5.91. The molecule has 0 fully saturated rings. The van der Waals surface area contributed by atoms with Crippen molar-refractivity contribution in [1.29, 1.82) is 0 Å². The number of aromatic nitrogens is 1. The zero-order valence-electron chi connectivity index (χ0n) is 9.88. The predicted molar refractivity (Wildman–Crippen MR) is 75.7 cm³/mol. The fraction of sp³-hybridized carbons (Fsp3) is 0.167. The number of hydrogen-bond acceptors (Lipinski definition) is 4. The average molecular weight is 327 g/mol. The second kappa shape index (κ2) is 5.49. The van der Waals surface area contributed by atoms with Crippen LogP contribution < -0.4 is 4.90 Å². The summed E-state index contributed by atoms with van der Waals surface area (Å²) in [5.74, 6) is 0.482. The smallest absolute Gasteiger partial charge is 0.252 e. The summed E-state index contributed by atoms with van der Waals surface area (Å²) in [4.78, 5) is 17.6. The van der Waals surface area contributed by atoms with Gasteiger partial charge in [0.15, 0.2) is 9.80 Å². The molecule has 4 nitrogen and oxygen atoms in total. The van der Waals surface area contributed by atoms with Crippen LogP contribution in [0.5, 0.6) is 0 Å². The third-order valence-electron chi connectivity index (χ3n) is 2.21. The van der Waals surface area contributed by atoms with Crippen LogP contribution in [0.15, 0.2) is 32.7 Å². The van der Waals surface area contributed by atoms with Gasteiger partial charge in [-0.3, -0.25) is 9.69 Å². The van der Waals surface area contributed by atoms with Gasteiger partial charge in [-0.05, 0) is 41.1 Å². The minimum absolute atomic E-state index is 0.142. The molecule has 1 amide bonds. The Kier molecular flexibility index (Phi) is 3.98. The van der Waals surface area contributed by atoms with Crippen molar-refractivity contribution in [2.45, 2.75) is 6.92 Å². The van der Waals surface area contributed by atoms with Gasteiger partial charge in [-0.2, -0.15) is 0 Å². The molecule has 0 saturated carbocycles. The summed E-state index contributed by atoms with van der Waals surface area (Å²) in [5, 5.41) is 2.59. The van der Waals surface area contributed by atoms with Gasteiger partial charge in [-0.1, -0.05) is 0 Å². The van der Waals surface area contributed by atoms with Gasteiger partial charge >= 0.3 is 0 Å². The molecule has 2 rings (SSSR count). The summed E-state index contributed by atoms with van der Waals surface area (Å²) in [6.45, 7) is 1.90. The third-order valence-corrected chi connectivity index (χ3v) is 3.67. The summed E-state index contributed by atoms with van der Waals surface area (Å²) >= 11 is 4.64. The van der Waals surface area contributed by atoms with Gasteiger partial charge in [0, 0.05) is 18.5 Å². The number of carbonyl (C=O) groups is 1. The normalized spacial score (nSPS) is 11.1. The topological polar surface area (TPSA) is 46.3 Å². The molecule has 0 bridgehead atoms. The lowest BCUT2D eigenvalue weighted by atomic mass is 10.4. The maximum absolute atomic E-state index is 11.9. The van der Waals surface area contributed by atoms with E-state index in [0.717, 1.165) is 5.69 Å². The van der Waals surface area contributed by atoms with Crippen molar-refractivity contribution in [3.8, 4) is 0 Å². The van der Waals surface area contributed by atoms with Crippen molar-refractivity contribution in [3.05, 3.63) is 39.7 Å². The molecule has 18 heavy (non-hydrogen) atoms. The average Bonchev–Trinajstić information content (AvgIpc) is 2.94. The molecule has 6 heteroatoms. The van der Waals surface area contributed by atoms with Crippen LogP contribution in [0.3, 0.4) is 0 Å². The first-order valence-electron chi connectivity index (χ1n) is 5.19. The van der Waals surface area contributed by atoms with E-state index in [1.165, 1.54) is 22.3 Å². The first-order chi connectivity index (χ1) is 8.56. The molecule has 2 heterocycles. The van der Waals surface area contributed by atoms with Crippen LogP contribution in [0.2, 0.25) is 0 Å². The molecule has 0 saturated heterocycles. The summed E-state index contributed by atoms with van der Waals surface area (Å²) in [6, 6.07) is 3.56. The maximum atomic E-state index is 11.9.